The lowest BCUT2D eigenvalue weighted by molar-refractivity contribution is -0.137. The average Bonchev–Trinajstić information content (AvgIpc) is 3.45. The summed E-state index contributed by atoms with van der Waals surface area (Å²) in [4.78, 5) is 33.8. The van der Waals surface area contributed by atoms with Gasteiger partial charge in [-0.25, -0.2) is 4.98 Å². The molecule has 0 aliphatic carbocycles. The lowest BCUT2D eigenvalue weighted by Gasteiger charge is -2.38. The van der Waals surface area contributed by atoms with Crippen molar-refractivity contribution in [2.45, 2.75) is 31.3 Å². The minimum Gasteiger partial charge on any atom is -0.480 e. The predicted octanol–water partition coefficient (Wildman–Crippen LogP) is 4.85. The van der Waals surface area contributed by atoms with Crippen LogP contribution in [0.4, 0.5) is 11.4 Å². The van der Waals surface area contributed by atoms with Crippen molar-refractivity contribution >= 4 is 23.3 Å². The van der Waals surface area contributed by atoms with Gasteiger partial charge in [0.2, 0.25) is 5.91 Å². The van der Waals surface area contributed by atoms with E-state index in [1.807, 2.05) is 53.4 Å². The highest BCUT2D eigenvalue weighted by atomic mass is 16.4. The van der Waals surface area contributed by atoms with Crippen molar-refractivity contribution in [3.05, 3.63) is 103 Å². The van der Waals surface area contributed by atoms with Gasteiger partial charge in [-0.15, -0.1) is 0 Å². The normalized spacial score (nSPS) is 16.8. The number of carbonyl (C=O) groups excluding carboxylic acids is 1. The van der Waals surface area contributed by atoms with E-state index < -0.39 is 11.4 Å². The third kappa shape index (κ3) is 4.11. The molecule has 0 radical (unpaired) electrons. The van der Waals surface area contributed by atoms with Gasteiger partial charge in [0.15, 0.2) is 0 Å². The fourth-order valence-electron chi connectivity index (χ4n) is 5.76. The standard InChI is InChI=1S/C30H28N4O3/c35-28(36)21-33-19-16-31-27(33)20-32-17-14-30(15-18-32)25-8-4-5-9-26(25)34(29(30)37)24-12-10-23(11-13-24)22-6-2-1-3-7-22/h1-13,16,19H,14-15,17-18,20-21H2,(H,35,36). The van der Waals surface area contributed by atoms with Gasteiger partial charge in [-0.05, 0) is 60.8 Å². The first kappa shape index (κ1) is 23.2. The molecule has 1 fully saturated rings. The number of piperidine rings is 1. The summed E-state index contributed by atoms with van der Waals surface area (Å²) in [6.07, 6.45) is 4.76. The van der Waals surface area contributed by atoms with E-state index in [1.54, 1.807) is 17.0 Å². The maximum absolute atomic E-state index is 14.1. The van der Waals surface area contributed by atoms with Crippen molar-refractivity contribution in [1.29, 1.82) is 0 Å². The van der Waals surface area contributed by atoms with Crippen molar-refractivity contribution in [2.75, 3.05) is 18.0 Å². The molecule has 37 heavy (non-hydrogen) atoms. The van der Waals surface area contributed by atoms with Gasteiger partial charge in [0.25, 0.3) is 0 Å². The Labute approximate surface area is 215 Å². The number of aliphatic carboxylic acids is 1. The number of hydrogen-bond donors (Lipinski definition) is 1. The molecule has 1 aromatic heterocycles. The SMILES string of the molecule is O=C(O)Cn1ccnc1CN1CCC2(CC1)C(=O)N(c1ccc(-c3ccccc3)cc1)c1ccccc12. The van der Waals surface area contributed by atoms with Crippen LogP contribution in [-0.4, -0.2) is 44.5 Å². The van der Waals surface area contributed by atoms with Gasteiger partial charge in [0.1, 0.15) is 12.4 Å². The van der Waals surface area contributed by atoms with Crippen LogP contribution in [0.1, 0.15) is 24.2 Å². The number of nitrogens with zero attached hydrogens (tertiary/aromatic N) is 4. The molecular formula is C30H28N4O3. The fraction of sp³-hybridized carbons (Fsp3) is 0.233. The molecule has 1 saturated heterocycles. The summed E-state index contributed by atoms with van der Waals surface area (Å²) < 4.78 is 1.67. The quantitative estimate of drug-likeness (QED) is 0.416. The highest BCUT2D eigenvalue weighted by molar-refractivity contribution is 6.13. The molecule has 0 bridgehead atoms. The number of fused-ring (bicyclic) bond motifs is 2. The van der Waals surface area contributed by atoms with Crippen molar-refractivity contribution in [1.82, 2.24) is 14.5 Å². The molecule has 6 rings (SSSR count). The van der Waals surface area contributed by atoms with Gasteiger partial charge in [-0.3, -0.25) is 19.4 Å². The van der Waals surface area contributed by atoms with Crippen LogP contribution in [0.3, 0.4) is 0 Å². The maximum Gasteiger partial charge on any atom is 0.323 e. The van der Waals surface area contributed by atoms with Crippen molar-refractivity contribution in [2.24, 2.45) is 0 Å². The zero-order valence-electron chi connectivity index (χ0n) is 20.5. The summed E-state index contributed by atoms with van der Waals surface area (Å²) >= 11 is 0. The zero-order valence-corrected chi connectivity index (χ0v) is 20.5. The largest absolute Gasteiger partial charge is 0.480 e. The number of likely N-dealkylation sites (tertiary alicyclic amines) is 1. The van der Waals surface area contributed by atoms with Crippen LogP contribution >= 0.6 is 0 Å². The molecule has 1 N–H and O–H groups in total. The monoisotopic (exact) mass is 492 g/mol. The van der Waals surface area contributed by atoms with E-state index in [1.165, 1.54) is 0 Å². The van der Waals surface area contributed by atoms with E-state index >= 15 is 0 Å². The third-order valence-electron chi connectivity index (χ3n) is 7.69. The van der Waals surface area contributed by atoms with E-state index in [9.17, 15) is 9.59 Å². The summed E-state index contributed by atoms with van der Waals surface area (Å²) in [5, 5.41) is 9.16. The minimum absolute atomic E-state index is 0.100. The molecule has 1 spiro atoms. The van der Waals surface area contributed by atoms with Crippen molar-refractivity contribution in [3.63, 3.8) is 0 Å². The number of amides is 1. The molecule has 0 atom stereocenters. The molecule has 3 heterocycles. The number of hydrogen-bond acceptors (Lipinski definition) is 4. The first-order valence-corrected chi connectivity index (χ1v) is 12.6. The average molecular weight is 493 g/mol. The maximum atomic E-state index is 14.1. The predicted molar refractivity (Wildman–Crippen MR) is 142 cm³/mol. The number of carboxylic acids is 1. The highest BCUT2D eigenvalue weighted by Gasteiger charge is 2.52. The lowest BCUT2D eigenvalue weighted by atomic mass is 9.73. The third-order valence-corrected chi connectivity index (χ3v) is 7.69. The summed E-state index contributed by atoms with van der Waals surface area (Å²) in [5.74, 6) is -0.0216. The van der Waals surface area contributed by atoms with Gasteiger partial charge < -0.3 is 9.67 Å². The first-order valence-electron chi connectivity index (χ1n) is 12.6. The van der Waals surface area contributed by atoms with Crippen LogP contribution < -0.4 is 4.90 Å². The second-order valence-electron chi connectivity index (χ2n) is 9.79. The van der Waals surface area contributed by atoms with Gasteiger partial charge in [-0.2, -0.15) is 0 Å². The molecule has 7 nitrogen and oxygen atoms in total. The molecule has 0 unspecified atom stereocenters. The summed E-state index contributed by atoms with van der Waals surface area (Å²) in [6, 6.07) is 26.6. The second kappa shape index (κ2) is 9.33. The molecule has 2 aliphatic rings. The molecule has 186 valence electrons. The first-order chi connectivity index (χ1) is 18.0. The molecule has 7 heteroatoms. The summed E-state index contributed by atoms with van der Waals surface area (Å²) in [5.41, 5.74) is 4.65. The Morgan fingerprint density at radius 3 is 2.30 bits per heavy atom. The lowest BCUT2D eigenvalue weighted by Crippen LogP contribution is -2.47. The van der Waals surface area contributed by atoms with Crippen LogP contribution in [-0.2, 0) is 28.1 Å². The van der Waals surface area contributed by atoms with E-state index in [2.05, 4.69) is 40.2 Å². The number of anilines is 2. The fourth-order valence-corrected chi connectivity index (χ4v) is 5.76. The van der Waals surface area contributed by atoms with Crippen molar-refractivity contribution in [3.8, 4) is 11.1 Å². The Morgan fingerprint density at radius 1 is 0.892 bits per heavy atom. The number of aromatic nitrogens is 2. The number of carboxylic acid groups (broad SMARTS) is 1. The Bertz CT molecular complexity index is 1440. The van der Waals surface area contributed by atoms with E-state index in [0.717, 1.165) is 47.0 Å². The highest BCUT2D eigenvalue weighted by Crippen LogP contribution is 2.50. The Balaban J connectivity index is 1.24. The van der Waals surface area contributed by atoms with Gasteiger partial charge >= 0.3 is 5.97 Å². The molecule has 2 aliphatic heterocycles. The summed E-state index contributed by atoms with van der Waals surface area (Å²) in [6.45, 7) is 1.94. The van der Waals surface area contributed by atoms with Crippen LogP contribution in [0.5, 0.6) is 0 Å². The Morgan fingerprint density at radius 2 is 1.57 bits per heavy atom. The van der Waals surface area contributed by atoms with Gasteiger partial charge in [0.05, 0.1) is 17.6 Å². The molecule has 1 amide bonds. The van der Waals surface area contributed by atoms with Crippen LogP contribution in [0, 0.1) is 0 Å². The van der Waals surface area contributed by atoms with E-state index in [4.69, 9.17) is 5.11 Å². The minimum atomic E-state index is -0.887. The molecule has 3 aromatic carbocycles. The van der Waals surface area contributed by atoms with E-state index in [0.29, 0.717) is 19.4 Å². The number of carbonyl (C=O) groups is 2. The number of rotatable bonds is 6. The van der Waals surface area contributed by atoms with Gasteiger partial charge in [0, 0.05) is 18.1 Å². The molecule has 4 aromatic rings. The zero-order chi connectivity index (χ0) is 25.4. The smallest absolute Gasteiger partial charge is 0.323 e. The topological polar surface area (TPSA) is 78.7 Å². The van der Waals surface area contributed by atoms with Crippen LogP contribution in [0.25, 0.3) is 11.1 Å². The van der Waals surface area contributed by atoms with E-state index in [-0.39, 0.29) is 12.5 Å². The molecular weight excluding hydrogens is 464 g/mol. The second-order valence-corrected chi connectivity index (χ2v) is 9.79. The van der Waals surface area contributed by atoms with Crippen molar-refractivity contribution < 1.29 is 14.7 Å². The number of imidazole rings is 1. The Kier molecular flexibility index (Phi) is 5.85. The number of para-hydroxylation sites is 1. The molecule has 0 saturated carbocycles. The Hall–Kier alpha value is -4.23. The van der Waals surface area contributed by atoms with Crippen LogP contribution in [0.2, 0.25) is 0 Å². The summed E-state index contributed by atoms with van der Waals surface area (Å²) in [7, 11) is 0. The van der Waals surface area contributed by atoms with Crippen LogP contribution in [0.15, 0.2) is 91.3 Å². The van der Waals surface area contributed by atoms with Gasteiger partial charge in [-0.1, -0.05) is 60.7 Å². The number of benzene rings is 3.